The summed E-state index contributed by atoms with van der Waals surface area (Å²) in [7, 11) is 0. The van der Waals surface area contributed by atoms with Gasteiger partial charge in [-0.3, -0.25) is 4.57 Å². The second kappa shape index (κ2) is 8.04. The molecule has 1 saturated heterocycles. The van der Waals surface area contributed by atoms with Crippen molar-refractivity contribution in [2.24, 2.45) is 11.8 Å². The number of alkyl halides is 2. The molecule has 8 rings (SSSR count). The van der Waals surface area contributed by atoms with Crippen LogP contribution in [0.4, 0.5) is 20.7 Å². The minimum Gasteiger partial charge on any atom is -0.390 e. The number of fused-ring (bicyclic) bond motifs is 1. The van der Waals surface area contributed by atoms with E-state index in [4.69, 9.17) is 9.72 Å². The Bertz CT molecular complexity index is 1290. The van der Waals surface area contributed by atoms with Gasteiger partial charge in [-0.1, -0.05) is 12.1 Å². The lowest BCUT2D eigenvalue weighted by molar-refractivity contribution is -0.127. The van der Waals surface area contributed by atoms with E-state index in [-0.39, 0.29) is 11.5 Å². The number of hydrogen-bond donors (Lipinski definition) is 2. The number of morpholine rings is 1. The third-order valence-corrected chi connectivity index (χ3v) is 8.29. The summed E-state index contributed by atoms with van der Waals surface area (Å²) in [6, 6.07) is 7.01. The van der Waals surface area contributed by atoms with Gasteiger partial charge in [0.05, 0.1) is 29.8 Å². The topological polar surface area (TPSA) is 101 Å². The van der Waals surface area contributed by atoms with Crippen molar-refractivity contribution >= 4 is 22.9 Å². The Balaban J connectivity index is 1.34. The summed E-state index contributed by atoms with van der Waals surface area (Å²) in [5, 5.41) is 14.8. The number of nitrogens with zero attached hydrogens (tertiary/aromatic N) is 6. The number of aliphatic hydroxyl groups is 1. The van der Waals surface area contributed by atoms with Crippen LogP contribution in [0.2, 0.25) is 0 Å². The van der Waals surface area contributed by atoms with Crippen molar-refractivity contribution < 1.29 is 18.6 Å². The van der Waals surface area contributed by atoms with Crippen LogP contribution >= 0.6 is 0 Å². The van der Waals surface area contributed by atoms with E-state index in [2.05, 4.69) is 20.3 Å². The van der Waals surface area contributed by atoms with E-state index in [1.807, 2.05) is 4.90 Å². The third kappa shape index (κ3) is 3.71. The number of imidazole rings is 1. The molecule has 1 aromatic carbocycles. The lowest BCUT2D eigenvalue weighted by Gasteiger charge is -2.60. The molecule has 3 aromatic rings. The highest BCUT2D eigenvalue weighted by molar-refractivity contribution is 5.77. The lowest BCUT2D eigenvalue weighted by atomic mass is 9.51. The first-order valence-electron chi connectivity index (χ1n) is 12.7. The third-order valence-electron chi connectivity index (χ3n) is 8.29. The zero-order valence-corrected chi connectivity index (χ0v) is 19.9. The Kier molecular flexibility index (Phi) is 4.98. The highest BCUT2D eigenvalue weighted by atomic mass is 19.3. The molecule has 1 aliphatic heterocycles. The number of ether oxygens (including phenoxy) is 1. The quantitative estimate of drug-likeness (QED) is 0.553. The van der Waals surface area contributed by atoms with E-state index >= 15 is 0 Å². The summed E-state index contributed by atoms with van der Waals surface area (Å²) >= 11 is 0. The molecule has 4 bridgehead atoms. The highest BCUT2D eigenvalue weighted by Crippen LogP contribution is 2.58. The zero-order valence-electron chi connectivity index (χ0n) is 19.9. The van der Waals surface area contributed by atoms with Gasteiger partial charge >= 0.3 is 0 Å². The van der Waals surface area contributed by atoms with Crippen LogP contribution in [0.1, 0.15) is 50.8 Å². The maximum Gasteiger partial charge on any atom is 0.296 e. The van der Waals surface area contributed by atoms with Crippen molar-refractivity contribution in [1.29, 1.82) is 0 Å². The normalized spacial score (nSPS) is 31.5. The average molecular weight is 498 g/mol. The van der Waals surface area contributed by atoms with Crippen LogP contribution in [0.3, 0.4) is 0 Å². The molecule has 190 valence electrons. The molecule has 0 radical (unpaired) electrons. The van der Waals surface area contributed by atoms with Crippen molar-refractivity contribution in [2.45, 2.75) is 56.1 Å². The van der Waals surface area contributed by atoms with E-state index in [0.717, 1.165) is 32.1 Å². The molecule has 0 amide bonds. The summed E-state index contributed by atoms with van der Waals surface area (Å²) < 4.78 is 35.1. The van der Waals surface area contributed by atoms with Crippen molar-refractivity contribution in [3.63, 3.8) is 0 Å². The molecule has 5 aliphatic rings. The molecule has 3 heterocycles. The van der Waals surface area contributed by atoms with Crippen molar-refractivity contribution in [2.75, 3.05) is 36.5 Å². The van der Waals surface area contributed by atoms with Gasteiger partial charge in [-0.15, -0.1) is 0 Å². The largest absolute Gasteiger partial charge is 0.390 e. The minimum absolute atomic E-state index is 0.112. The molecule has 2 unspecified atom stereocenters. The fourth-order valence-electron chi connectivity index (χ4n) is 7.41. The van der Waals surface area contributed by atoms with Gasteiger partial charge < -0.3 is 20.1 Å². The van der Waals surface area contributed by atoms with Crippen LogP contribution in [-0.2, 0) is 4.74 Å². The van der Waals surface area contributed by atoms with Crippen LogP contribution in [0.25, 0.3) is 17.0 Å². The van der Waals surface area contributed by atoms with Gasteiger partial charge in [0.1, 0.15) is 0 Å². The van der Waals surface area contributed by atoms with E-state index in [9.17, 15) is 13.9 Å². The Labute approximate surface area is 206 Å². The standard InChI is InChI=1S/C25H29F2N7O2/c26-19(27)20-28-17-3-1-2-4-18(17)34(20)23-30-21(29-22(31-23)33-5-7-36-8-6-33)32-24-10-15-9-16(11-24)13-25(35,12-15)14-24/h1-4,15-16,19,35H,5-14H2,(H,29,30,31,32). The van der Waals surface area contributed by atoms with Crippen molar-refractivity contribution in [1.82, 2.24) is 24.5 Å². The molecule has 4 aliphatic carbocycles. The Morgan fingerprint density at radius 3 is 2.42 bits per heavy atom. The number of aromatic nitrogens is 5. The van der Waals surface area contributed by atoms with Crippen molar-refractivity contribution in [3.05, 3.63) is 30.1 Å². The van der Waals surface area contributed by atoms with E-state index in [1.165, 1.54) is 4.57 Å². The smallest absolute Gasteiger partial charge is 0.296 e. The Morgan fingerprint density at radius 2 is 1.69 bits per heavy atom. The van der Waals surface area contributed by atoms with Gasteiger partial charge in [0.15, 0.2) is 5.82 Å². The fraction of sp³-hybridized carbons (Fsp3) is 0.600. The maximum atomic E-state index is 14.1. The molecular formula is C25H29F2N7O2. The van der Waals surface area contributed by atoms with Crippen LogP contribution in [0, 0.1) is 11.8 Å². The maximum absolute atomic E-state index is 14.1. The summed E-state index contributed by atoms with van der Waals surface area (Å²) in [5.41, 5.74) is 0.0204. The number of anilines is 2. The molecule has 4 saturated carbocycles. The second-order valence-electron chi connectivity index (χ2n) is 11.0. The molecule has 2 aromatic heterocycles. The average Bonchev–Trinajstić information content (AvgIpc) is 3.23. The second-order valence-corrected chi connectivity index (χ2v) is 11.0. The van der Waals surface area contributed by atoms with Gasteiger partial charge in [-0.2, -0.15) is 15.0 Å². The molecule has 11 heteroatoms. The summed E-state index contributed by atoms with van der Waals surface area (Å²) in [6.07, 6.45) is 2.63. The first-order valence-corrected chi connectivity index (χ1v) is 12.7. The van der Waals surface area contributed by atoms with E-state index in [1.54, 1.807) is 24.3 Å². The number of rotatable bonds is 5. The van der Waals surface area contributed by atoms with E-state index in [0.29, 0.717) is 67.5 Å². The number of benzene rings is 1. The number of para-hydroxylation sites is 2. The van der Waals surface area contributed by atoms with Gasteiger partial charge in [0.25, 0.3) is 6.43 Å². The summed E-state index contributed by atoms with van der Waals surface area (Å²) in [5.74, 6) is 1.45. The van der Waals surface area contributed by atoms with Gasteiger partial charge in [-0.05, 0) is 62.5 Å². The Morgan fingerprint density at radius 1 is 0.972 bits per heavy atom. The predicted molar refractivity (Wildman–Crippen MR) is 128 cm³/mol. The van der Waals surface area contributed by atoms with E-state index < -0.39 is 17.9 Å². The Hall–Kier alpha value is -2.92. The highest BCUT2D eigenvalue weighted by Gasteiger charge is 2.57. The molecule has 36 heavy (non-hydrogen) atoms. The van der Waals surface area contributed by atoms with Gasteiger partial charge in [-0.25, -0.2) is 13.8 Å². The summed E-state index contributed by atoms with van der Waals surface area (Å²) in [6.45, 7) is 2.29. The van der Waals surface area contributed by atoms with Crippen LogP contribution < -0.4 is 10.2 Å². The molecule has 2 atom stereocenters. The molecule has 5 fully saturated rings. The zero-order chi connectivity index (χ0) is 24.5. The first kappa shape index (κ1) is 22.3. The monoisotopic (exact) mass is 497 g/mol. The molecular weight excluding hydrogens is 468 g/mol. The van der Waals surface area contributed by atoms with Crippen molar-refractivity contribution in [3.8, 4) is 5.95 Å². The fourth-order valence-corrected chi connectivity index (χ4v) is 7.41. The van der Waals surface area contributed by atoms with Crippen LogP contribution in [-0.4, -0.2) is 67.1 Å². The van der Waals surface area contributed by atoms with Gasteiger partial charge in [0, 0.05) is 18.6 Å². The predicted octanol–water partition coefficient (Wildman–Crippen LogP) is 3.48. The number of nitrogens with one attached hydrogen (secondary N) is 1. The van der Waals surface area contributed by atoms with Crippen LogP contribution in [0.5, 0.6) is 0 Å². The van der Waals surface area contributed by atoms with Crippen LogP contribution in [0.15, 0.2) is 24.3 Å². The lowest BCUT2D eigenvalue weighted by Crippen LogP contribution is -2.62. The minimum atomic E-state index is -2.80. The molecule has 9 nitrogen and oxygen atoms in total. The van der Waals surface area contributed by atoms with Gasteiger partial charge in [0.2, 0.25) is 17.8 Å². The number of hydrogen-bond acceptors (Lipinski definition) is 8. The summed E-state index contributed by atoms with van der Waals surface area (Å²) in [4.78, 5) is 20.3. The first-order chi connectivity index (χ1) is 17.4. The SMILES string of the molecule is OC12CC3CC(C1)CC(Nc1nc(N4CCOCC4)nc(-n4c(C(F)F)nc5ccccc54)n1)(C3)C2. The molecule has 0 spiro atoms. The number of halogens is 2. The molecule has 2 N–H and O–H groups in total.